The predicted octanol–water partition coefficient (Wildman–Crippen LogP) is 2.01. The first-order valence-corrected chi connectivity index (χ1v) is 6.07. The minimum Gasteiger partial charge on any atom is -0.376 e. The smallest absolute Gasteiger partial charge is 0.293 e. The molecule has 3 N–H and O–H groups in total. The van der Waals surface area contributed by atoms with Crippen LogP contribution in [-0.2, 0) is 4.79 Å². The molecule has 0 bridgehead atoms. The molecule has 0 saturated heterocycles. The molecule has 1 unspecified atom stereocenters. The Morgan fingerprint density at radius 1 is 1.67 bits per heavy atom. The van der Waals surface area contributed by atoms with Crippen LogP contribution in [0.25, 0.3) is 0 Å². The van der Waals surface area contributed by atoms with E-state index in [0.29, 0.717) is 0 Å². The maximum absolute atomic E-state index is 13.4. The first kappa shape index (κ1) is 14.6. The highest BCUT2D eigenvalue weighted by Gasteiger charge is 2.19. The molecule has 1 aromatic carbocycles. The molecule has 18 heavy (non-hydrogen) atoms. The van der Waals surface area contributed by atoms with Crippen molar-refractivity contribution in [2.24, 2.45) is 5.73 Å². The minimum atomic E-state index is -0.610. The van der Waals surface area contributed by atoms with Gasteiger partial charge in [-0.15, -0.1) is 0 Å². The lowest BCUT2D eigenvalue weighted by Gasteiger charge is -2.14. The van der Waals surface area contributed by atoms with Crippen molar-refractivity contribution < 1.29 is 14.1 Å². The fraction of sp³-hybridized carbons (Fsp3) is 0.300. The zero-order valence-electron chi connectivity index (χ0n) is 9.44. The fourth-order valence-corrected chi connectivity index (χ4v) is 1.87. The van der Waals surface area contributed by atoms with Gasteiger partial charge in [-0.1, -0.05) is 0 Å². The van der Waals surface area contributed by atoms with Crippen LogP contribution < -0.4 is 11.1 Å². The van der Waals surface area contributed by atoms with Crippen LogP contribution in [0.3, 0.4) is 0 Å². The Labute approximate surface area is 116 Å². The number of hydrogen-bond acceptors (Lipinski definition) is 4. The maximum atomic E-state index is 13.4. The lowest BCUT2D eigenvalue weighted by atomic mass is 10.2. The van der Waals surface area contributed by atoms with Gasteiger partial charge in [0.2, 0.25) is 5.91 Å². The van der Waals surface area contributed by atoms with Gasteiger partial charge in [-0.3, -0.25) is 14.9 Å². The van der Waals surface area contributed by atoms with E-state index in [1.807, 2.05) is 0 Å². The van der Waals surface area contributed by atoms with Crippen LogP contribution in [0.2, 0.25) is 0 Å². The second-order valence-corrected chi connectivity index (χ2v) is 4.92. The van der Waals surface area contributed by atoms with Crippen LogP contribution in [0.15, 0.2) is 12.1 Å². The van der Waals surface area contributed by atoms with Gasteiger partial charge in [0, 0.05) is 24.6 Å². The summed E-state index contributed by atoms with van der Waals surface area (Å²) in [5.74, 6) is -1.10. The summed E-state index contributed by atoms with van der Waals surface area (Å²) in [5.41, 5.74) is 4.81. The molecule has 1 aromatic rings. The molecule has 0 radical (unpaired) electrons. The Hall–Kier alpha value is -1.45. The monoisotopic (exact) mass is 367 g/mol. The summed E-state index contributed by atoms with van der Waals surface area (Å²) in [7, 11) is 0. The normalized spacial score (nSPS) is 11.9. The van der Waals surface area contributed by atoms with Crippen molar-refractivity contribution in [2.45, 2.75) is 19.4 Å². The summed E-state index contributed by atoms with van der Waals surface area (Å²) in [6, 6.07) is 1.76. The van der Waals surface area contributed by atoms with E-state index in [9.17, 15) is 19.3 Å². The number of halogens is 2. The molecule has 0 aliphatic carbocycles. The Bertz CT molecular complexity index is 496. The zero-order valence-corrected chi connectivity index (χ0v) is 11.6. The highest BCUT2D eigenvalue weighted by atomic mass is 127. The number of carbonyl (C=O) groups is 1. The van der Waals surface area contributed by atoms with Crippen LogP contribution in [-0.4, -0.2) is 16.9 Å². The molecule has 98 valence electrons. The summed E-state index contributed by atoms with van der Waals surface area (Å²) in [4.78, 5) is 20.9. The van der Waals surface area contributed by atoms with Crippen molar-refractivity contribution in [3.63, 3.8) is 0 Å². The average molecular weight is 367 g/mol. The second kappa shape index (κ2) is 5.94. The third-order valence-electron chi connectivity index (χ3n) is 2.14. The van der Waals surface area contributed by atoms with E-state index >= 15 is 0 Å². The van der Waals surface area contributed by atoms with Crippen molar-refractivity contribution in [3.8, 4) is 0 Å². The first-order valence-electron chi connectivity index (χ1n) is 4.99. The number of anilines is 1. The van der Waals surface area contributed by atoms with Gasteiger partial charge in [0.25, 0.3) is 5.69 Å². The van der Waals surface area contributed by atoms with E-state index in [2.05, 4.69) is 5.32 Å². The molecule has 0 saturated carbocycles. The van der Waals surface area contributed by atoms with Crippen LogP contribution in [0.1, 0.15) is 13.3 Å². The third-order valence-corrected chi connectivity index (χ3v) is 2.97. The van der Waals surface area contributed by atoms with Crippen molar-refractivity contribution in [1.29, 1.82) is 0 Å². The summed E-state index contributed by atoms with van der Waals surface area (Å²) < 4.78 is 13.5. The molecule has 1 rings (SSSR count). The first-order chi connectivity index (χ1) is 8.31. The van der Waals surface area contributed by atoms with Gasteiger partial charge in [0.1, 0.15) is 11.5 Å². The van der Waals surface area contributed by atoms with Gasteiger partial charge < -0.3 is 11.1 Å². The van der Waals surface area contributed by atoms with Crippen LogP contribution in [0.4, 0.5) is 15.8 Å². The lowest BCUT2D eigenvalue weighted by Crippen LogP contribution is -2.24. The van der Waals surface area contributed by atoms with Crippen LogP contribution in [0, 0.1) is 19.5 Å². The van der Waals surface area contributed by atoms with E-state index in [4.69, 9.17) is 5.73 Å². The van der Waals surface area contributed by atoms with E-state index in [-0.39, 0.29) is 21.4 Å². The zero-order chi connectivity index (χ0) is 13.9. The van der Waals surface area contributed by atoms with Crippen LogP contribution >= 0.6 is 22.6 Å². The Balaban J connectivity index is 3.03. The summed E-state index contributed by atoms with van der Waals surface area (Å²) in [6.07, 6.45) is 0.00472. The molecule has 8 heteroatoms. The van der Waals surface area contributed by atoms with Crippen molar-refractivity contribution in [2.75, 3.05) is 5.32 Å². The molecule has 1 amide bonds. The van der Waals surface area contributed by atoms with Gasteiger partial charge in [0.15, 0.2) is 0 Å². The number of nitro groups is 1. The van der Waals surface area contributed by atoms with E-state index in [0.717, 1.165) is 12.1 Å². The number of hydrogen-bond donors (Lipinski definition) is 2. The summed E-state index contributed by atoms with van der Waals surface area (Å²) in [5, 5.41) is 13.5. The minimum absolute atomic E-state index is 0.00472. The van der Waals surface area contributed by atoms with E-state index < -0.39 is 22.7 Å². The number of nitrogens with one attached hydrogen (secondary N) is 1. The molecule has 0 spiro atoms. The Morgan fingerprint density at radius 2 is 2.28 bits per heavy atom. The molecular weight excluding hydrogens is 356 g/mol. The van der Waals surface area contributed by atoms with E-state index in [1.165, 1.54) is 0 Å². The second-order valence-electron chi connectivity index (χ2n) is 3.76. The van der Waals surface area contributed by atoms with Gasteiger partial charge in [-0.2, -0.15) is 0 Å². The highest BCUT2D eigenvalue weighted by molar-refractivity contribution is 14.1. The Kier molecular flexibility index (Phi) is 4.82. The molecule has 0 heterocycles. The third kappa shape index (κ3) is 3.79. The quantitative estimate of drug-likeness (QED) is 0.473. The molecule has 0 fully saturated rings. The number of benzene rings is 1. The summed E-state index contributed by atoms with van der Waals surface area (Å²) in [6.45, 7) is 1.63. The number of carbonyl (C=O) groups excluding carboxylic acids is 1. The number of amides is 1. The average Bonchev–Trinajstić information content (AvgIpc) is 2.21. The SMILES string of the molecule is CC(CC(N)=O)Nc1cc(F)c(I)cc1[N+](=O)[O-]. The number of nitrogens with zero attached hydrogens (tertiary/aromatic N) is 1. The molecule has 6 nitrogen and oxygen atoms in total. The number of nitrogens with two attached hydrogens (primary N) is 1. The molecule has 0 aliphatic rings. The van der Waals surface area contributed by atoms with Gasteiger partial charge >= 0.3 is 0 Å². The Morgan fingerprint density at radius 3 is 2.78 bits per heavy atom. The predicted molar refractivity (Wildman–Crippen MR) is 72.7 cm³/mol. The molecule has 0 aliphatic heterocycles. The lowest BCUT2D eigenvalue weighted by molar-refractivity contribution is -0.384. The van der Waals surface area contributed by atoms with Crippen molar-refractivity contribution in [3.05, 3.63) is 31.6 Å². The summed E-state index contributed by atoms with van der Waals surface area (Å²) >= 11 is 1.67. The van der Waals surface area contributed by atoms with Gasteiger partial charge in [0.05, 0.1) is 8.49 Å². The number of primary amides is 1. The van der Waals surface area contributed by atoms with Crippen molar-refractivity contribution >= 4 is 39.9 Å². The standard InChI is InChI=1S/C10H11FIN3O3/c1-5(2-10(13)16)14-8-3-6(11)7(12)4-9(8)15(17)18/h3-5,14H,2H2,1H3,(H2,13,16). The fourth-order valence-electron chi connectivity index (χ4n) is 1.42. The number of rotatable bonds is 5. The van der Waals surface area contributed by atoms with Gasteiger partial charge in [-0.05, 0) is 29.5 Å². The largest absolute Gasteiger partial charge is 0.376 e. The highest BCUT2D eigenvalue weighted by Crippen LogP contribution is 2.29. The van der Waals surface area contributed by atoms with Gasteiger partial charge in [-0.25, -0.2) is 4.39 Å². The van der Waals surface area contributed by atoms with Crippen molar-refractivity contribution in [1.82, 2.24) is 0 Å². The van der Waals surface area contributed by atoms with Crippen LogP contribution in [0.5, 0.6) is 0 Å². The maximum Gasteiger partial charge on any atom is 0.293 e. The molecule has 1 atom stereocenters. The number of nitro benzene ring substituents is 1. The molecular formula is C10H11FIN3O3. The topological polar surface area (TPSA) is 98.3 Å². The van der Waals surface area contributed by atoms with E-state index in [1.54, 1.807) is 29.5 Å². The molecule has 0 aromatic heterocycles.